The van der Waals surface area contributed by atoms with Crippen molar-refractivity contribution in [3.8, 4) is 0 Å². The summed E-state index contributed by atoms with van der Waals surface area (Å²) in [6.45, 7) is 12.4. The molecule has 0 spiro atoms. The maximum Gasteiger partial charge on any atom is 0.494 e. The number of hydrogen-bond donors (Lipinski definition) is 2. The Morgan fingerprint density at radius 3 is 2.33 bits per heavy atom. The number of hydrogen-bond acceptors (Lipinski definition) is 4. The lowest BCUT2D eigenvalue weighted by Crippen LogP contribution is -2.17. The molecule has 5 nitrogen and oxygen atoms in total. The van der Waals surface area contributed by atoms with E-state index in [9.17, 15) is 14.2 Å². The van der Waals surface area contributed by atoms with Gasteiger partial charge in [-0.3, -0.25) is 0 Å². The minimum absolute atomic E-state index is 0.0368. The van der Waals surface area contributed by atoms with Crippen LogP contribution in [0.5, 0.6) is 0 Å². The highest BCUT2D eigenvalue weighted by Gasteiger charge is 2.33. The summed E-state index contributed by atoms with van der Waals surface area (Å²) in [7, 11) is -1.36. The normalized spacial score (nSPS) is 14.3. The zero-order chi connectivity index (χ0) is 17.0. The third-order valence-corrected chi connectivity index (χ3v) is 2.15. The molecule has 7 heteroatoms. The average molecular weight is 302 g/mol. The van der Waals surface area contributed by atoms with E-state index in [1.807, 2.05) is 27.7 Å². The molecule has 0 fully saturated rings. The Balaban J connectivity index is 0. The fourth-order valence-electron chi connectivity index (χ4n) is 1.36. The zero-order valence-corrected chi connectivity index (χ0v) is 13.3. The Labute approximate surface area is 125 Å². The molecule has 0 aliphatic carbocycles. The number of aliphatic carboxylic acids is 1. The lowest BCUT2D eigenvalue weighted by molar-refractivity contribution is -0.140. The van der Waals surface area contributed by atoms with Crippen LogP contribution in [0.1, 0.15) is 34.6 Å². The first-order valence-electron chi connectivity index (χ1n) is 6.83. The molecule has 0 aromatic carbocycles. The van der Waals surface area contributed by atoms with Crippen LogP contribution in [0, 0.1) is 0 Å². The van der Waals surface area contributed by atoms with E-state index in [1.165, 1.54) is 0 Å². The molecule has 0 aromatic rings. The number of carboxylic acids is 1. The summed E-state index contributed by atoms with van der Waals surface area (Å²) < 4.78 is 23.4. The van der Waals surface area contributed by atoms with Gasteiger partial charge in [0.1, 0.15) is 0 Å². The summed E-state index contributed by atoms with van der Waals surface area (Å²) in [6, 6.07) is 0. The fraction of sp³-hybridized carbons (Fsp3) is 0.500. The standard InChI is InChI=1S/C10H12BFO5.2C2H6/c1-3-7(16-5-8(13)14)10(12)9-6(2)4-17-11(9)15;2*1-2/h3,15H,1,4-5H2,2H3,(H,13,14);2*1-2H3/b10-7-;;. The number of carboxylic acid groups (broad SMARTS) is 1. The van der Waals surface area contributed by atoms with Crippen LogP contribution in [0.4, 0.5) is 4.39 Å². The van der Waals surface area contributed by atoms with Gasteiger partial charge in [0.25, 0.3) is 0 Å². The lowest BCUT2D eigenvalue weighted by atomic mass is 9.77. The van der Waals surface area contributed by atoms with Gasteiger partial charge in [-0.15, -0.1) is 0 Å². The average Bonchev–Trinajstić information content (AvgIpc) is 2.82. The monoisotopic (exact) mass is 302 g/mol. The molecule has 1 aliphatic heterocycles. The number of carbonyl (C=O) groups is 1. The van der Waals surface area contributed by atoms with Crippen LogP contribution in [-0.2, 0) is 14.2 Å². The minimum atomic E-state index is -1.36. The van der Waals surface area contributed by atoms with Crippen molar-refractivity contribution in [1.29, 1.82) is 0 Å². The Kier molecular flexibility index (Phi) is 12.6. The van der Waals surface area contributed by atoms with Crippen molar-refractivity contribution in [3.63, 3.8) is 0 Å². The van der Waals surface area contributed by atoms with Gasteiger partial charge in [-0.05, 0) is 18.6 Å². The van der Waals surface area contributed by atoms with Gasteiger partial charge in [0.15, 0.2) is 18.2 Å². The van der Waals surface area contributed by atoms with Gasteiger partial charge in [-0.25, -0.2) is 9.18 Å². The predicted octanol–water partition coefficient (Wildman–Crippen LogP) is 2.87. The first-order valence-corrected chi connectivity index (χ1v) is 6.83. The van der Waals surface area contributed by atoms with E-state index in [4.69, 9.17) is 14.5 Å². The lowest BCUT2D eigenvalue weighted by Gasteiger charge is -2.08. The van der Waals surface area contributed by atoms with Gasteiger partial charge in [-0.2, -0.15) is 0 Å². The van der Waals surface area contributed by atoms with Crippen molar-refractivity contribution in [2.24, 2.45) is 0 Å². The van der Waals surface area contributed by atoms with Crippen LogP contribution in [0.3, 0.4) is 0 Å². The van der Waals surface area contributed by atoms with E-state index in [-0.39, 0.29) is 17.8 Å². The second-order valence-corrected chi connectivity index (χ2v) is 3.42. The molecule has 0 saturated heterocycles. The van der Waals surface area contributed by atoms with E-state index in [2.05, 4.69) is 6.58 Å². The van der Waals surface area contributed by atoms with Crippen LogP contribution in [0.15, 0.2) is 35.3 Å². The molecule has 0 atom stereocenters. The molecule has 0 aromatic heterocycles. The molecule has 1 aliphatic rings. The molecular formula is C14H24BFO5. The third-order valence-electron chi connectivity index (χ3n) is 2.15. The molecule has 0 bridgehead atoms. The molecule has 0 radical (unpaired) electrons. The highest BCUT2D eigenvalue weighted by atomic mass is 19.1. The SMILES string of the molecule is C=C/C(OCC(=O)O)=C(/F)C1=C(C)COB1O.CC.CC. The van der Waals surface area contributed by atoms with E-state index in [1.54, 1.807) is 6.92 Å². The van der Waals surface area contributed by atoms with Gasteiger partial charge in [0, 0.05) is 5.47 Å². The number of halogens is 1. The van der Waals surface area contributed by atoms with Gasteiger partial charge < -0.3 is 19.5 Å². The van der Waals surface area contributed by atoms with Crippen LogP contribution < -0.4 is 0 Å². The molecule has 1 rings (SSSR count). The van der Waals surface area contributed by atoms with Gasteiger partial charge in [0.2, 0.25) is 0 Å². The number of ether oxygens (including phenoxy) is 1. The second kappa shape index (κ2) is 12.2. The van der Waals surface area contributed by atoms with Crippen LogP contribution in [0.25, 0.3) is 0 Å². The molecule has 21 heavy (non-hydrogen) atoms. The van der Waals surface area contributed by atoms with Gasteiger partial charge in [-0.1, -0.05) is 34.3 Å². The smallest absolute Gasteiger partial charge is 0.479 e. The third kappa shape index (κ3) is 7.10. The highest BCUT2D eigenvalue weighted by molar-refractivity contribution is 6.54. The Morgan fingerprint density at radius 1 is 1.48 bits per heavy atom. The zero-order valence-electron chi connectivity index (χ0n) is 13.3. The van der Waals surface area contributed by atoms with Crippen molar-refractivity contribution in [1.82, 2.24) is 0 Å². The largest absolute Gasteiger partial charge is 0.494 e. The molecule has 0 saturated carbocycles. The second-order valence-electron chi connectivity index (χ2n) is 3.42. The Hall–Kier alpha value is -1.60. The summed E-state index contributed by atoms with van der Waals surface area (Å²) >= 11 is 0. The molecule has 1 heterocycles. The van der Waals surface area contributed by atoms with Crippen molar-refractivity contribution in [2.45, 2.75) is 34.6 Å². The van der Waals surface area contributed by atoms with E-state index < -0.39 is 25.5 Å². The quantitative estimate of drug-likeness (QED) is 0.464. The van der Waals surface area contributed by atoms with Crippen molar-refractivity contribution in [3.05, 3.63) is 35.3 Å². The van der Waals surface area contributed by atoms with Crippen molar-refractivity contribution in [2.75, 3.05) is 13.2 Å². The van der Waals surface area contributed by atoms with E-state index in [0.717, 1.165) is 6.08 Å². The van der Waals surface area contributed by atoms with Crippen LogP contribution in [0.2, 0.25) is 0 Å². The molecule has 0 amide bonds. The summed E-state index contributed by atoms with van der Waals surface area (Å²) in [6.07, 6.45) is 1.05. The van der Waals surface area contributed by atoms with E-state index in [0.29, 0.717) is 5.57 Å². The Bertz CT molecular complexity index is 404. The summed E-state index contributed by atoms with van der Waals surface area (Å²) in [5, 5.41) is 17.8. The minimum Gasteiger partial charge on any atom is -0.479 e. The topological polar surface area (TPSA) is 76.0 Å². The molecule has 120 valence electrons. The van der Waals surface area contributed by atoms with E-state index >= 15 is 0 Å². The molecule has 0 unspecified atom stereocenters. The molecular weight excluding hydrogens is 278 g/mol. The number of rotatable bonds is 5. The number of allylic oxidation sites excluding steroid dienone is 3. The van der Waals surface area contributed by atoms with Crippen LogP contribution >= 0.6 is 0 Å². The summed E-state index contributed by atoms with van der Waals surface area (Å²) in [5.41, 5.74) is 0.485. The first kappa shape index (κ1) is 21.7. The van der Waals surface area contributed by atoms with Gasteiger partial charge in [0.05, 0.1) is 6.61 Å². The van der Waals surface area contributed by atoms with Crippen molar-refractivity contribution >= 4 is 13.1 Å². The Morgan fingerprint density at radius 2 is 2.00 bits per heavy atom. The van der Waals surface area contributed by atoms with Crippen LogP contribution in [-0.4, -0.2) is 36.4 Å². The molecule has 2 N–H and O–H groups in total. The predicted molar refractivity (Wildman–Crippen MR) is 81.2 cm³/mol. The van der Waals surface area contributed by atoms with Gasteiger partial charge >= 0.3 is 13.1 Å². The van der Waals surface area contributed by atoms with Crippen molar-refractivity contribution < 1.29 is 28.7 Å². The summed E-state index contributed by atoms with van der Waals surface area (Å²) in [5.74, 6) is -2.42. The fourth-order valence-corrected chi connectivity index (χ4v) is 1.36. The highest BCUT2D eigenvalue weighted by Crippen LogP contribution is 2.27. The first-order chi connectivity index (χ1) is 9.97. The maximum atomic E-state index is 13.9. The maximum absolute atomic E-state index is 13.9. The summed E-state index contributed by atoms with van der Waals surface area (Å²) in [4.78, 5) is 10.3.